The van der Waals surface area contributed by atoms with Crippen LogP contribution in [0.25, 0.3) is 23.2 Å². The van der Waals surface area contributed by atoms with Crippen LogP contribution in [0, 0.1) is 0 Å². The smallest absolute Gasteiger partial charge is 0.291 e. The Bertz CT molecular complexity index is 1180. The fraction of sp³-hybridized carbons (Fsp3) is 0.0500. The molecule has 0 N–H and O–H groups in total. The molecule has 5 nitrogen and oxygen atoms in total. The summed E-state index contributed by atoms with van der Waals surface area (Å²) in [5, 5.41) is 4.29. The Labute approximate surface area is 153 Å². The highest BCUT2D eigenvalue weighted by Crippen LogP contribution is 2.12. The molecule has 0 aliphatic carbocycles. The van der Waals surface area contributed by atoms with Crippen LogP contribution in [-0.2, 0) is 0 Å². The van der Waals surface area contributed by atoms with Crippen molar-refractivity contribution in [2.45, 2.75) is 0 Å². The lowest BCUT2D eigenvalue weighted by atomic mass is 10.2. The molecule has 4 rings (SSSR count). The number of rotatable bonds is 4. The molecule has 0 bridgehead atoms. The zero-order valence-corrected chi connectivity index (χ0v) is 14.8. The number of thiazole rings is 1. The highest BCUT2D eigenvalue weighted by Gasteiger charge is 2.08. The van der Waals surface area contributed by atoms with E-state index in [9.17, 15) is 4.79 Å². The van der Waals surface area contributed by atoms with Crippen LogP contribution in [0.1, 0.15) is 17.0 Å². The van der Waals surface area contributed by atoms with E-state index < -0.39 is 0 Å². The first-order chi connectivity index (χ1) is 12.7. The Balaban J connectivity index is 1.66. The molecule has 0 amide bonds. The second-order valence-corrected chi connectivity index (χ2v) is 6.61. The Morgan fingerprint density at radius 1 is 1.00 bits per heavy atom. The lowest BCUT2D eigenvalue weighted by Crippen LogP contribution is -2.23. The summed E-state index contributed by atoms with van der Waals surface area (Å²) in [6.07, 6.45) is 5.57. The fourth-order valence-electron chi connectivity index (χ4n) is 2.51. The molecule has 2 aromatic heterocycles. The highest BCUT2D eigenvalue weighted by atomic mass is 32.1. The van der Waals surface area contributed by atoms with Crippen LogP contribution in [0.2, 0.25) is 0 Å². The summed E-state index contributed by atoms with van der Waals surface area (Å²) in [7, 11) is 1.62. The van der Waals surface area contributed by atoms with Crippen LogP contribution in [0.15, 0.2) is 59.4 Å². The SMILES string of the molecule is COc1ccc(/C=c2/sc3nc(/C=C/c4ccccc4)nn3c2=O)cc1. The van der Waals surface area contributed by atoms with Gasteiger partial charge < -0.3 is 4.74 Å². The summed E-state index contributed by atoms with van der Waals surface area (Å²) in [4.78, 5) is 17.5. The van der Waals surface area contributed by atoms with Crippen LogP contribution in [-0.4, -0.2) is 21.7 Å². The van der Waals surface area contributed by atoms with Gasteiger partial charge in [-0.05, 0) is 35.4 Å². The minimum absolute atomic E-state index is 0.160. The van der Waals surface area contributed by atoms with Crippen molar-refractivity contribution >= 4 is 34.5 Å². The maximum Gasteiger partial charge on any atom is 0.291 e. The molecular formula is C20H15N3O2S. The van der Waals surface area contributed by atoms with Gasteiger partial charge in [-0.15, -0.1) is 5.10 Å². The minimum Gasteiger partial charge on any atom is -0.497 e. The van der Waals surface area contributed by atoms with Gasteiger partial charge in [0.1, 0.15) is 5.75 Å². The van der Waals surface area contributed by atoms with E-state index in [2.05, 4.69) is 10.1 Å². The van der Waals surface area contributed by atoms with E-state index in [1.165, 1.54) is 15.9 Å². The van der Waals surface area contributed by atoms with Crippen LogP contribution < -0.4 is 14.8 Å². The Hall–Kier alpha value is -3.25. The molecule has 0 unspecified atom stereocenters. The molecule has 128 valence electrons. The monoisotopic (exact) mass is 361 g/mol. The highest BCUT2D eigenvalue weighted by molar-refractivity contribution is 7.15. The third-order valence-electron chi connectivity index (χ3n) is 3.84. The average molecular weight is 361 g/mol. The second-order valence-electron chi connectivity index (χ2n) is 5.60. The summed E-state index contributed by atoms with van der Waals surface area (Å²) in [6, 6.07) is 17.4. The van der Waals surface area contributed by atoms with Crippen molar-refractivity contribution < 1.29 is 4.74 Å². The molecule has 0 saturated carbocycles. The van der Waals surface area contributed by atoms with Crippen molar-refractivity contribution in [2.24, 2.45) is 0 Å². The third kappa shape index (κ3) is 3.27. The van der Waals surface area contributed by atoms with Gasteiger partial charge >= 0.3 is 0 Å². The van der Waals surface area contributed by atoms with Gasteiger partial charge in [-0.25, -0.2) is 0 Å². The number of aromatic nitrogens is 3. The van der Waals surface area contributed by atoms with E-state index in [1.54, 1.807) is 13.2 Å². The van der Waals surface area contributed by atoms with Crippen LogP contribution >= 0.6 is 11.3 Å². The molecule has 0 atom stereocenters. The molecule has 0 radical (unpaired) electrons. The Morgan fingerprint density at radius 2 is 1.77 bits per heavy atom. The molecule has 26 heavy (non-hydrogen) atoms. The molecule has 6 heteroatoms. The van der Waals surface area contributed by atoms with Crippen LogP contribution in [0.4, 0.5) is 0 Å². The van der Waals surface area contributed by atoms with E-state index in [0.717, 1.165) is 16.9 Å². The number of ether oxygens (including phenoxy) is 1. The van der Waals surface area contributed by atoms with E-state index in [1.807, 2.05) is 66.7 Å². The lowest BCUT2D eigenvalue weighted by molar-refractivity contribution is 0.415. The number of fused-ring (bicyclic) bond motifs is 1. The fourth-order valence-corrected chi connectivity index (χ4v) is 3.42. The first-order valence-corrected chi connectivity index (χ1v) is 8.83. The van der Waals surface area contributed by atoms with Crippen molar-refractivity contribution in [2.75, 3.05) is 7.11 Å². The predicted octanol–water partition coefficient (Wildman–Crippen LogP) is 2.88. The number of methoxy groups -OCH3 is 1. The largest absolute Gasteiger partial charge is 0.497 e. The standard InChI is InChI=1S/C20H15N3O2S/c1-25-16-10-7-15(8-11-16)13-17-19(24)23-20(26-17)21-18(22-23)12-9-14-5-3-2-4-6-14/h2-13H,1H3/b12-9+,17-13+. The first-order valence-electron chi connectivity index (χ1n) is 8.01. The number of benzene rings is 2. The van der Waals surface area contributed by atoms with E-state index in [-0.39, 0.29) is 5.56 Å². The minimum atomic E-state index is -0.160. The van der Waals surface area contributed by atoms with Gasteiger partial charge in [0.05, 0.1) is 11.6 Å². The predicted molar refractivity (Wildman–Crippen MR) is 104 cm³/mol. The molecule has 2 aromatic carbocycles. The van der Waals surface area contributed by atoms with Gasteiger partial charge in [0.2, 0.25) is 4.96 Å². The quantitative estimate of drug-likeness (QED) is 0.561. The topological polar surface area (TPSA) is 56.5 Å². The normalized spacial score (nSPS) is 12.3. The van der Waals surface area contributed by atoms with E-state index >= 15 is 0 Å². The summed E-state index contributed by atoms with van der Waals surface area (Å²) < 4.78 is 7.10. The summed E-state index contributed by atoms with van der Waals surface area (Å²) in [6.45, 7) is 0. The summed E-state index contributed by atoms with van der Waals surface area (Å²) >= 11 is 1.33. The van der Waals surface area contributed by atoms with Crippen molar-refractivity contribution in [3.05, 3.63) is 86.4 Å². The maximum absolute atomic E-state index is 12.5. The molecule has 4 aromatic rings. The number of hydrogen-bond donors (Lipinski definition) is 0. The third-order valence-corrected chi connectivity index (χ3v) is 4.80. The lowest BCUT2D eigenvalue weighted by Gasteiger charge is -1.98. The Morgan fingerprint density at radius 3 is 2.46 bits per heavy atom. The van der Waals surface area contributed by atoms with Crippen LogP contribution in [0.3, 0.4) is 0 Å². The van der Waals surface area contributed by atoms with Crippen molar-refractivity contribution in [1.29, 1.82) is 0 Å². The number of hydrogen-bond acceptors (Lipinski definition) is 5. The van der Waals surface area contributed by atoms with E-state index in [4.69, 9.17) is 4.74 Å². The first kappa shape index (κ1) is 16.2. The van der Waals surface area contributed by atoms with Gasteiger partial charge in [0, 0.05) is 0 Å². The van der Waals surface area contributed by atoms with Gasteiger partial charge in [-0.3, -0.25) is 4.79 Å². The zero-order chi connectivity index (χ0) is 17.9. The molecule has 0 aliphatic rings. The second kappa shape index (κ2) is 6.93. The molecule has 0 spiro atoms. The molecule has 0 fully saturated rings. The van der Waals surface area contributed by atoms with Gasteiger partial charge in [0.25, 0.3) is 5.56 Å². The average Bonchev–Trinajstić information content (AvgIpc) is 3.21. The van der Waals surface area contributed by atoms with Gasteiger partial charge in [0.15, 0.2) is 5.82 Å². The van der Waals surface area contributed by atoms with Gasteiger partial charge in [-0.2, -0.15) is 9.50 Å². The van der Waals surface area contributed by atoms with Crippen molar-refractivity contribution in [3.8, 4) is 5.75 Å². The molecule has 0 aliphatic heterocycles. The van der Waals surface area contributed by atoms with Gasteiger partial charge in [-0.1, -0.05) is 59.9 Å². The van der Waals surface area contributed by atoms with Crippen LogP contribution in [0.5, 0.6) is 5.75 Å². The molecular weight excluding hydrogens is 346 g/mol. The van der Waals surface area contributed by atoms with E-state index in [0.29, 0.717) is 15.3 Å². The summed E-state index contributed by atoms with van der Waals surface area (Å²) in [5.41, 5.74) is 1.82. The summed E-state index contributed by atoms with van der Waals surface area (Å²) in [5.74, 6) is 1.30. The number of nitrogens with zero attached hydrogens (tertiary/aromatic N) is 3. The Kier molecular flexibility index (Phi) is 4.33. The maximum atomic E-state index is 12.5. The van der Waals surface area contributed by atoms with Crippen molar-refractivity contribution in [1.82, 2.24) is 14.6 Å². The van der Waals surface area contributed by atoms with Crippen molar-refractivity contribution in [3.63, 3.8) is 0 Å². The molecule has 0 saturated heterocycles. The zero-order valence-electron chi connectivity index (χ0n) is 14.0. The molecule has 2 heterocycles.